The van der Waals surface area contributed by atoms with Crippen LogP contribution in [0.1, 0.15) is 32.6 Å². The lowest BCUT2D eigenvalue weighted by Gasteiger charge is -2.17. The van der Waals surface area contributed by atoms with Crippen LogP contribution in [0, 0.1) is 5.92 Å². The van der Waals surface area contributed by atoms with E-state index in [2.05, 4.69) is 4.72 Å². The molecule has 118 valence electrons. The molecule has 0 amide bonds. The van der Waals surface area contributed by atoms with Crippen LogP contribution >= 0.6 is 0 Å². The van der Waals surface area contributed by atoms with Crippen molar-refractivity contribution in [3.05, 3.63) is 24.3 Å². The number of rotatable bonds is 7. The normalized spacial score (nSPS) is 17.6. The van der Waals surface area contributed by atoms with E-state index in [1.54, 1.807) is 0 Å². The molecule has 1 aromatic rings. The molecule has 1 unspecified atom stereocenters. The number of sulfonamides is 2. The van der Waals surface area contributed by atoms with Crippen molar-refractivity contribution in [1.29, 1.82) is 0 Å². The van der Waals surface area contributed by atoms with Crippen molar-refractivity contribution in [2.45, 2.75) is 48.4 Å². The van der Waals surface area contributed by atoms with Gasteiger partial charge in [0.2, 0.25) is 20.0 Å². The fourth-order valence-corrected chi connectivity index (χ4v) is 4.17. The Hall–Kier alpha value is -0.960. The first-order valence-electron chi connectivity index (χ1n) is 6.87. The van der Waals surface area contributed by atoms with Gasteiger partial charge >= 0.3 is 0 Å². The Bertz CT molecular complexity index is 709. The van der Waals surface area contributed by atoms with Gasteiger partial charge in [-0.3, -0.25) is 0 Å². The van der Waals surface area contributed by atoms with Crippen LogP contribution < -0.4 is 9.86 Å². The van der Waals surface area contributed by atoms with Gasteiger partial charge in [0.15, 0.2) is 0 Å². The van der Waals surface area contributed by atoms with Crippen LogP contribution in [-0.2, 0) is 20.0 Å². The molecular formula is C13H20N2O4S2. The summed E-state index contributed by atoms with van der Waals surface area (Å²) in [6.45, 7) is 1.93. The maximum absolute atomic E-state index is 12.3. The van der Waals surface area contributed by atoms with Gasteiger partial charge in [0.1, 0.15) is 0 Å². The molecule has 2 rings (SSSR count). The molecule has 1 aliphatic carbocycles. The highest BCUT2D eigenvalue weighted by atomic mass is 32.2. The zero-order valence-electron chi connectivity index (χ0n) is 11.8. The van der Waals surface area contributed by atoms with E-state index in [4.69, 9.17) is 5.14 Å². The van der Waals surface area contributed by atoms with Crippen LogP contribution in [-0.4, -0.2) is 22.9 Å². The van der Waals surface area contributed by atoms with Crippen LogP contribution in [0.15, 0.2) is 34.1 Å². The first-order chi connectivity index (χ1) is 9.72. The second kappa shape index (κ2) is 6.04. The summed E-state index contributed by atoms with van der Waals surface area (Å²) in [6.07, 6.45) is 3.83. The molecule has 0 aromatic heterocycles. The fourth-order valence-electron chi connectivity index (χ4n) is 2.16. The zero-order valence-corrected chi connectivity index (χ0v) is 13.5. The van der Waals surface area contributed by atoms with Crippen molar-refractivity contribution in [2.75, 3.05) is 0 Å². The van der Waals surface area contributed by atoms with E-state index in [0.29, 0.717) is 12.3 Å². The van der Waals surface area contributed by atoms with Crippen LogP contribution in [0.2, 0.25) is 0 Å². The summed E-state index contributed by atoms with van der Waals surface area (Å²) in [7, 11) is -7.66. The summed E-state index contributed by atoms with van der Waals surface area (Å²) < 4.78 is 49.9. The molecule has 8 heteroatoms. The van der Waals surface area contributed by atoms with Crippen molar-refractivity contribution in [2.24, 2.45) is 11.1 Å². The second-order valence-electron chi connectivity index (χ2n) is 5.43. The minimum absolute atomic E-state index is 0.0803. The summed E-state index contributed by atoms with van der Waals surface area (Å²) in [6, 6.07) is 4.97. The molecule has 0 radical (unpaired) electrons. The second-order valence-corrected chi connectivity index (χ2v) is 8.70. The summed E-state index contributed by atoms with van der Waals surface area (Å²) in [5, 5.41) is 5.03. The van der Waals surface area contributed by atoms with Crippen molar-refractivity contribution >= 4 is 20.0 Å². The molecule has 6 nitrogen and oxygen atoms in total. The quantitative estimate of drug-likeness (QED) is 0.782. The van der Waals surface area contributed by atoms with E-state index in [0.717, 1.165) is 25.3 Å². The lowest BCUT2D eigenvalue weighted by atomic mass is 10.1. The van der Waals surface area contributed by atoms with Gasteiger partial charge in [0.05, 0.1) is 9.79 Å². The monoisotopic (exact) mass is 332 g/mol. The predicted octanol–water partition coefficient (Wildman–Crippen LogP) is 1.19. The van der Waals surface area contributed by atoms with E-state index in [1.165, 1.54) is 18.2 Å². The molecule has 0 bridgehead atoms. The number of hydrogen-bond donors (Lipinski definition) is 2. The van der Waals surface area contributed by atoms with E-state index >= 15 is 0 Å². The number of nitrogens with one attached hydrogen (secondary N) is 1. The fraction of sp³-hybridized carbons (Fsp3) is 0.538. The Morgan fingerprint density at radius 3 is 2.38 bits per heavy atom. The van der Waals surface area contributed by atoms with E-state index in [9.17, 15) is 16.8 Å². The lowest BCUT2D eigenvalue weighted by molar-refractivity contribution is 0.495. The van der Waals surface area contributed by atoms with E-state index in [-0.39, 0.29) is 15.8 Å². The molecule has 1 fully saturated rings. The van der Waals surface area contributed by atoms with Crippen LogP contribution in [0.4, 0.5) is 0 Å². The van der Waals surface area contributed by atoms with Gasteiger partial charge in [-0.2, -0.15) is 0 Å². The van der Waals surface area contributed by atoms with Crippen molar-refractivity contribution in [3.63, 3.8) is 0 Å². The highest BCUT2D eigenvalue weighted by molar-refractivity contribution is 7.90. The summed E-state index contributed by atoms with van der Waals surface area (Å²) in [5.74, 6) is 0.605. The summed E-state index contributed by atoms with van der Waals surface area (Å²) >= 11 is 0. The Balaban J connectivity index is 2.22. The maximum Gasteiger partial charge on any atom is 0.240 e. The van der Waals surface area contributed by atoms with Gasteiger partial charge in [-0.25, -0.2) is 26.7 Å². The average molecular weight is 332 g/mol. The number of hydrogen-bond acceptors (Lipinski definition) is 4. The highest BCUT2D eigenvalue weighted by Gasteiger charge is 2.28. The van der Waals surface area contributed by atoms with Gasteiger partial charge in [-0.15, -0.1) is 0 Å². The van der Waals surface area contributed by atoms with Gasteiger partial charge in [-0.1, -0.05) is 25.8 Å². The summed E-state index contributed by atoms with van der Waals surface area (Å²) in [5.41, 5.74) is 0. The van der Waals surface area contributed by atoms with E-state index in [1.807, 2.05) is 6.92 Å². The largest absolute Gasteiger partial charge is 0.240 e. The summed E-state index contributed by atoms with van der Waals surface area (Å²) in [4.78, 5) is -0.288. The molecule has 1 aromatic carbocycles. The molecule has 21 heavy (non-hydrogen) atoms. The van der Waals surface area contributed by atoms with Crippen LogP contribution in [0.25, 0.3) is 0 Å². The molecule has 0 spiro atoms. The molecular weight excluding hydrogens is 312 g/mol. The molecule has 1 atom stereocenters. The molecule has 3 N–H and O–H groups in total. The minimum Gasteiger partial charge on any atom is -0.225 e. The van der Waals surface area contributed by atoms with Gasteiger partial charge < -0.3 is 0 Å². The Morgan fingerprint density at radius 2 is 1.86 bits per heavy atom. The molecule has 0 heterocycles. The first-order valence-corrected chi connectivity index (χ1v) is 9.90. The Morgan fingerprint density at radius 1 is 1.24 bits per heavy atom. The average Bonchev–Trinajstić information content (AvgIpc) is 3.21. The van der Waals surface area contributed by atoms with Gasteiger partial charge in [0, 0.05) is 6.04 Å². The number of benzene rings is 1. The zero-order chi connectivity index (χ0) is 15.7. The minimum atomic E-state index is -3.92. The third-order valence-electron chi connectivity index (χ3n) is 3.57. The third-order valence-corrected chi connectivity index (χ3v) is 6.00. The van der Waals surface area contributed by atoms with Crippen molar-refractivity contribution < 1.29 is 16.8 Å². The standard InChI is InChI=1S/C13H20N2O4S2/c1-2-11(8-10-6-7-10)15-21(18,19)13-5-3-4-12(9-13)20(14,16)17/h3-5,9-11,15H,2,6-8H2,1H3,(H2,14,16,17). The SMILES string of the molecule is CCC(CC1CC1)NS(=O)(=O)c1cccc(S(N)(=O)=O)c1. The van der Waals surface area contributed by atoms with Crippen molar-refractivity contribution in [3.8, 4) is 0 Å². The Labute approximate surface area is 125 Å². The maximum atomic E-state index is 12.3. The topological polar surface area (TPSA) is 106 Å². The van der Waals surface area contributed by atoms with Crippen LogP contribution in [0.3, 0.4) is 0 Å². The number of primary sulfonamides is 1. The lowest BCUT2D eigenvalue weighted by Crippen LogP contribution is -2.34. The van der Waals surface area contributed by atoms with Crippen molar-refractivity contribution in [1.82, 2.24) is 4.72 Å². The van der Waals surface area contributed by atoms with E-state index < -0.39 is 20.0 Å². The smallest absolute Gasteiger partial charge is 0.225 e. The first kappa shape index (κ1) is 16.4. The predicted molar refractivity (Wildman–Crippen MR) is 79.6 cm³/mol. The molecule has 0 aliphatic heterocycles. The Kier molecular flexibility index (Phi) is 4.72. The molecule has 0 saturated heterocycles. The highest BCUT2D eigenvalue weighted by Crippen LogP contribution is 2.34. The number of nitrogens with two attached hydrogens (primary N) is 1. The molecule has 1 aliphatic rings. The molecule has 1 saturated carbocycles. The third kappa shape index (κ3) is 4.50. The van der Waals surface area contributed by atoms with Crippen LogP contribution in [0.5, 0.6) is 0 Å². The van der Waals surface area contributed by atoms with Gasteiger partial charge in [-0.05, 0) is 37.0 Å². The van der Waals surface area contributed by atoms with Gasteiger partial charge in [0.25, 0.3) is 0 Å².